The summed E-state index contributed by atoms with van der Waals surface area (Å²) in [5.41, 5.74) is -1.35. The first-order valence-electron chi connectivity index (χ1n) is 4.81. The Morgan fingerprint density at radius 1 is 1.47 bits per heavy atom. The van der Waals surface area contributed by atoms with Crippen LogP contribution in [0, 0.1) is 0 Å². The first-order valence-corrected chi connectivity index (χ1v) is 6.42. The molecule has 0 saturated carbocycles. The highest BCUT2D eigenvalue weighted by Gasteiger charge is 2.53. The largest absolute Gasteiger partial charge is 0.480 e. The lowest BCUT2D eigenvalue weighted by molar-refractivity contribution is -0.148. The molecule has 6 nitrogen and oxygen atoms in total. The van der Waals surface area contributed by atoms with Gasteiger partial charge in [0.15, 0.2) is 5.54 Å². The van der Waals surface area contributed by atoms with Gasteiger partial charge in [-0.1, -0.05) is 0 Å². The second-order valence-corrected chi connectivity index (χ2v) is 5.89. The van der Waals surface area contributed by atoms with Crippen molar-refractivity contribution in [2.24, 2.45) is 0 Å². The maximum absolute atomic E-state index is 11.7. The third-order valence-electron chi connectivity index (χ3n) is 2.98. The van der Waals surface area contributed by atoms with Crippen molar-refractivity contribution in [3.8, 4) is 0 Å². The lowest BCUT2D eigenvalue weighted by Gasteiger charge is -2.31. The molecular formula is C8H13NO5S. The molecule has 0 radical (unpaired) electrons. The molecule has 1 unspecified atom stereocenters. The van der Waals surface area contributed by atoms with E-state index < -0.39 is 21.5 Å². The number of ether oxygens (including phenoxy) is 1. The van der Waals surface area contributed by atoms with Gasteiger partial charge >= 0.3 is 5.97 Å². The van der Waals surface area contributed by atoms with Crippen LogP contribution in [0.1, 0.15) is 12.8 Å². The molecule has 2 rings (SSSR count). The van der Waals surface area contributed by atoms with Crippen molar-refractivity contribution in [1.29, 1.82) is 0 Å². The monoisotopic (exact) mass is 235 g/mol. The van der Waals surface area contributed by atoms with Gasteiger partial charge in [-0.3, -0.25) is 4.79 Å². The Hall–Kier alpha value is -0.660. The maximum Gasteiger partial charge on any atom is 0.327 e. The summed E-state index contributed by atoms with van der Waals surface area (Å²) in [4.78, 5) is 11.2. The average Bonchev–Trinajstić information content (AvgIpc) is 2.71. The van der Waals surface area contributed by atoms with E-state index in [1.807, 2.05) is 0 Å². The highest BCUT2D eigenvalue weighted by Crippen LogP contribution is 2.32. The zero-order valence-electron chi connectivity index (χ0n) is 8.18. The lowest BCUT2D eigenvalue weighted by Crippen LogP contribution is -2.55. The van der Waals surface area contributed by atoms with Crippen molar-refractivity contribution in [2.45, 2.75) is 18.4 Å². The molecule has 2 fully saturated rings. The molecule has 0 aromatic carbocycles. The van der Waals surface area contributed by atoms with Gasteiger partial charge in [-0.2, -0.15) is 4.31 Å². The molecule has 0 aromatic rings. The smallest absolute Gasteiger partial charge is 0.327 e. The summed E-state index contributed by atoms with van der Waals surface area (Å²) in [6.07, 6.45) is 0.735. The second kappa shape index (κ2) is 3.43. The van der Waals surface area contributed by atoms with Gasteiger partial charge in [0.05, 0.1) is 12.4 Å². The topological polar surface area (TPSA) is 83.9 Å². The number of hydrogen-bond acceptors (Lipinski definition) is 4. The molecule has 0 aromatic heterocycles. The number of hydrogen-bond donors (Lipinski definition) is 1. The molecule has 0 bridgehead atoms. The van der Waals surface area contributed by atoms with Crippen LogP contribution in [0.15, 0.2) is 0 Å². The van der Waals surface area contributed by atoms with Gasteiger partial charge in [-0.25, -0.2) is 8.42 Å². The van der Waals surface area contributed by atoms with E-state index in [9.17, 15) is 18.3 Å². The van der Waals surface area contributed by atoms with Gasteiger partial charge in [0.2, 0.25) is 10.0 Å². The Bertz CT molecular complexity index is 370. The van der Waals surface area contributed by atoms with Crippen LogP contribution in [-0.2, 0) is 19.6 Å². The van der Waals surface area contributed by atoms with Gasteiger partial charge in [0.25, 0.3) is 0 Å². The molecule has 2 aliphatic heterocycles. The Labute approximate surface area is 87.9 Å². The molecule has 1 N–H and O–H groups in total. The van der Waals surface area contributed by atoms with Crippen molar-refractivity contribution in [1.82, 2.24) is 4.31 Å². The highest BCUT2D eigenvalue weighted by atomic mass is 32.2. The van der Waals surface area contributed by atoms with Crippen LogP contribution >= 0.6 is 0 Å². The lowest BCUT2D eigenvalue weighted by atomic mass is 9.99. The van der Waals surface area contributed by atoms with Crippen molar-refractivity contribution in [2.75, 3.05) is 25.5 Å². The number of aliphatic carboxylic acids is 1. The number of nitrogens with zero attached hydrogens (tertiary/aromatic N) is 1. The molecule has 0 aliphatic carbocycles. The normalized spacial score (nSPS) is 35.7. The Kier molecular flexibility index (Phi) is 2.48. The minimum Gasteiger partial charge on any atom is -0.480 e. The fourth-order valence-electron chi connectivity index (χ4n) is 2.15. The predicted octanol–water partition coefficient (Wildman–Crippen LogP) is -0.734. The van der Waals surface area contributed by atoms with Crippen molar-refractivity contribution in [3.05, 3.63) is 0 Å². The fourth-order valence-corrected chi connectivity index (χ4v) is 4.02. The second-order valence-electron chi connectivity index (χ2n) is 3.88. The Balaban J connectivity index is 2.38. The van der Waals surface area contributed by atoms with E-state index in [0.29, 0.717) is 13.0 Å². The molecule has 2 aliphatic rings. The van der Waals surface area contributed by atoms with Crippen LogP contribution in [0.3, 0.4) is 0 Å². The molecule has 15 heavy (non-hydrogen) atoms. The number of carboxylic acid groups (broad SMARTS) is 1. The molecular weight excluding hydrogens is 222 g/mol. The van der Waals surface area contributed by atoms with Crippen LogP contribution in [0.2, 0.25) is 0 Å². The van der Waals surface area contributed by atoms with E-state index >= 15 is 0 Å². The SMILES string of the molecule is O=C(O)C1(N2CCCS2(=O)=O)CCOC1. The van der Waals surface area contributed by atoms with E-state index in [0.717, 1.165) is 4.31 Å². The quantitative estimate of drug-likeness (QED) is 0.682. The highest BCUT2D eigenvalue weighted by molar-refractivity contribution is 7.89. The molecule has 2 saturated heterocycles. The number of carbonyl (C=O) groups is 1. The van der Waals surface area contributed by atoms with Crippen molar-refractivity contribution >= 4 is 16.0 Å². The molecule has 1 atom stereocenters. The number of rotatable bonds is 2. The van der Waals surface area contributed by atoms with E-state index in [2.05, 4.69) is 0 Å². The first-order chi connectivity index (χ1) is 6.99. The minimum absolute atomic E-state index is 0.0401. The summed E-state index contributed by atoms with van der Waals surface area (Å²) < 4.78 is 29.5. The van der Waals surface area contributed by atoms with Gasteiger partial charge in [-0.05, 0) is 6.42 Å². The standard InChI is InChI=1S/C8H13NO5S/c10-7(11)8(2-4-14-6-8)9-3-1-5-15(9,12)13/h1-6H2,(H,10,11). The third kappa shape index (κ3) is 1.54. The van der Waals surface area contributed by atoms with Crippen molar-refractivity contribution in [3.63, 3.8) is 0 Å². The fraction of sp³-hybridized carbons (Fsp3) is 0.875. The first kappa shape index (κ1) is 10.8. The Morgan fingerprint density at radius 2 is 2.20 bits per heavy atom. The van der Waals surface area contributed by atoms with E-state index in [-0.39, 0.29) is 25.3 Å². The summed E-state index contributed by atoms with van der Waals surface area (Å²) in [7, 11) is -3.40. The summed E-state index contributed by atoms with van der Waals surface area (Å²) in [5, 5.41) is 9.17. The van der Waals surface area contributed by atoms with Crippen LogP contribution in [0.5, 0.6) is 0 Å². The summed E-state index contributed by atoms with van der Waals surface area (Å²) >= 11 is 0. The van der Waals surface area contributed by atoms with Gasteiger partial charge in [0, 0.05) is 19.6 Å². The number of carboxylic acids is 1. The number of sulfonamides is 1. The minimum atomic E-state index is -3.40. The molecule has 0 amide bonds. The molecule has 7 heteroatoms. The Morgan fingerprint density at radius 3 is 2.60 bits per heavy atom. The van der Waals surface area contributed by atoms with Crippen molar-refractivity contribution < 1.29 is 23.1 Å². The summed E-state index contributed by atoms with van der Waals surface area (Å²) in [6.45, 7) is 0.553. The van der Waals surface area contributed by atoms with Crippen LogP contribution in [-0.4, -0.2) is 54.8 Å². The maximum atomic E-state index is 11.7. The van der Waals surface area contributed by atoms with Gasteiger partial charge in [0.1, 0.15) is 0 Å². The van der Waals surface area contributed by atoms with Crippen LogP contribution < -0.4 is 0 Å². The summed E-state index contributed by atoms with van der Waals surface area (Å²) in [5.74, 6) is -1.06. The van der Waals surface area contributed by atoms with E-state index in [1.54, 1.807) is 0 Å². The van der Waals surface area contributed by atoms with Gasteiger partial charge < -0.3 is 9.84 Å². The van der Waals surface area contributed by atoms with Gasteiger partial charge in [-0.15, -0.1) is 0 Å². The van der Waals surface area contributed by atoms with Crippen LogP contribution in [0.4, 0.5) is 0 Å². The molecule has 86 valence electrons. The predicted molar refractivity (Wildman–Crippen MR) is 50.9 cm³/mol. The van der Waals surface area contributed by atoms with E-state index in [1.165, 1.54) is 0 Å². The third-order valence-corrected chi connectivity index (χ3v) is 4.98. The zero-order valence-corrected chi connectivity index (χ0v) is 8.99. The van der Waals surface area contributed by atoms with Crippen LogP contribution in [0.25, 0.3) is 0 Å². The molecule has 0 spiro atoms. The van der Waals surface area contributed by atoms with E-state index in [4.69, 9.17) is 4.74 Å². The average molecular weight is 235 g/mol. The summed E-state index contributed by atoms with van der Waals surface area (Å²) in [6, 6.07) is 0. The zero-order chi connectivity index (χ0) is 11.1. The molecule has 2 heterocycles.